The van der Waals surface area contributed by atoms with Crippen LogP contribution in [0.1, 0.15) is 11.1 Å². The lowest BCUT2D eigenvalue weighted by Crippen LogP contribution is -2.38. The highest BCUT2D eigenvalue weighted by molar-refractivity contribution is 9.10. The minimum Gasteiger partial charge on any atom is -0.493 e. The third-order valence-electron chi connectivity index (χ3n) is 5.41. The SMILES string of the molecule is COc1cc2c(cc1OC)CN(C[C@@H](O)Cn1ccc3ccc(Br)cc31)CC2. The first-order chi connectivity index (χ1) is 13.6. The molecule has 0 bridgehead atoms. The molecule has 28 heavy (non-hydrogen) atoms. The molecule has 6 heteroatoms. The van der Waals surface area contributed by atoms with Gasteiger partial charge in [0.1, 0.15) is 0 Å². The topological polar surface area (TPSA) is 46.9 Å². The van der Waals surface area contributed by atoms with Crippen molar-refractivity contribution < 1.29 is 14.6 Å². The van der Waals surface area contributed by atoms with Gasteiger partial charge in [0, 0.05) is 42.4 Å². The standard InChI is InChI=1S/C22H25BrN2O3/c1-27-21-9-16-5-7-24(12-17(16)10-22(21)28-2)13-19(26)14-25-8-6-15-3-4-18(23)11-20(15)25/h3-4,6,8-11,19,26H,5,7,12-14H2,1-2H3/t19-/m1/s1. The lowest BCUT2D eigenvalue weighted by Gasteiger charge is -2.31. The van der Waals surface area contributed by atoms with E-state index < -0.39 is 6.10 Å². The summed E-state index contributed by atoms with van der Waals surface area (Å²) in [6, 6.07) is 12.4. The molecule has 0 spiro atoms. The summed E-state index contributed by atoms with van der Waals surface area (Å²) in [6.07, 6.45) is 2.56. The van der Waals surface area contributed by atoms with Gasteiger partial charge in [0.15, 0.2) is 11.5 Å². The lowest BCUT2D eigenvalue weighted by molar-refractivity contribution is 0.0927. The molecule has 0 fully saturated rings. The minimum atomic E-state index is -0.434. The van der Waals surface area contributed by atoms with Crippen molar-refractivity contribution in [3.8, 4) is 11.5 Å². The zero-order valence-electron chi connectivity index (χ0n) is 16.2. The monoisotopic (exact) mass is 444 g/mol. The van der Waals surface area contributed by atoms with Gasteiger partial charge in [-0.1, -0.05) is 22.0 Å². The maximum atomic E-state index is 10.7. The largest absolute Gasteiger partial charge is 0.493 e. The number of nitrogens with zero attached hydrogens (tertiary/aromatic N) is 2. The maximum Gasteiger partial charge on any atom is 0.161 e. The van der Waals surface area contributed by atoms with Crippen LogP contribution >= 0.6 is 15.9 Å². The van der Waals surface area contributed by atoms with Crippen LogP contribution in [0.4, 0.5) is 0 Å². The van der Waals surface area contributed by atoms with Crippen LogP contribution in [-0.4, -0.2) is 48.0 Å². The second kappa shape index (κ2) is 8.15. The fourth-order valence-corrected chi connectivity index (χ4v) is 4.35. The van der Waals surface area contributed by atoms with E-state index in [2.05, 4.69) is 55.7 Å². The molecule has 5 nitrogen and oxygen atoms in total. The van der Waals surface area contributed by atoms with Gasteiger partial charge in [-0.3, -0.25) is 4.90 Å². The van der Waals surface area contributed by atoms with Crippen LogP contribution in [0.3, 0.4) is 0 Å². The number of methoxy groups -OCH3 is 2. The first-order valence-corrected chi connectivity index (χ1v) is 10.2. The van der Waals surface area contributed by atoms with E-state index in [-0.39, 0.29) is 0 Å². The summed E-state index contributed by atoms with van der Waals surface area (Å²) in [6.45, 7) is 2.96. The molecule has 2 aromatic carbocycles. The Kier molecular flexibility index (Phi) is 5.62. The molecule has 4 rings (SSSR count). The molecule has 1 aromatic heterocycles. The van der Waals surface area contributed by atoms with Crippen molar-refractivity contribution in [1.82, 2.24) is 9.47 Å². The van der Waals surface area contributed by atoms with Crippen LogP contribution in [0.25, 0.3) is 10.9 Å². The van der Waals surface area contributed by atoms with Gasteiger partial charge in [0.05, 0.1) is 20.3 Å². The number of aromatic nitrogens is 1. The average molecular weight is 445 g/mol. The number of β-amino-alcohol motifs (C(OH)–C–C–N with tert-alkyl or cyclic N) is 1. The Labute approximate surface area is 173 Å². The molecule has 2 heterocycles. The molecule has 1 aliphatic heterocycles. The Morgan fingerprint density at radius 2 is 1.79 bits per heavy atom. The minimum absolute atomic E-state index is 0.434. The molecular formula is C22H25BrN2O3. The zero-order valence-corrected chi connectivity index (χ0v) is 17.8. The quantitative estimate of drug-likeness (QED) is 0.627. The van der Waals surface area contributed by atoms with E-state index in [1.54, 1.807) is 14.2 Å². The molecule has 0 radical (unpaired) electrons. The summed E-state index contributed by atoms with van der Waals surface area (Å²) in [5, 5.41) is 11.9. The van der Waals surface area contributed by atoms with Gasteiger partial charge in [-0.2, -0.15) is 0 Å². The van der Waals surface area contributed by atoms with Gasteiger partial charge >= 0.3 is 0 Å². The molecule has 1 N–H and O–H groups in total. The molecule has 0 saturated heterocycles. The van der Waals surface area contributed by atoms with Crippen LogP contribution in [-0.2, 0) is 19.5 Å². The fourth-order valence-electron chi connectivity index (χ4n) is 4.00. The van der Waals surface area contributed by atoms with Crippen molar-refractivity contribution in [2.75, 3.05) is 27.3 Å². The van der Waals surface area contributed by atoms with Crippen LogP contribution in [0.15, 0.2) is 47.1 Å². The summed E-state index contributed by atoms with van der Waals surface area (Å²) >= 11 is 3.53. The van der Waals surface area contributed by atoms with Gasteiger partial charge in [0.25, 0.3) is 0 Å². The van der Waals surface area contributed by atoms with E-state index in [0.717, 1.165) is 41.0 Å². The maximum absolute atomic E-state index is 10.7. The number of rotatable bonds is 6. The van der Waals surface area contributed by atoms with Crippen LogP contribution < -0.4 is 9.47 Å². The number of hydrogen-bond acceptors (Lipinski definition) is 4. The highest BCUT2D eigenvalue weighted by Crippen LogP contribution is 2.33. The first kappa shape index (κ1) is 19.3. The molecule has 0 unspecified atom stereocenters. The molecule has 3 aromatic rings. The van der Waals surface area contributed by atoms with Gasteiger partial charge in [0.2, 0.25) is 0 Å². The lowest BCUT2D eigenvalue weighted by atomic mass is 9.98. The van der Waals surface area contributed by atoms with Crippen molar-refractivity contribution in [2.45, 2.75) is 25.6 Å². The molecule has 0 amide bonds. The highest BCUT2D eigenvalue weighted by Gasteiger charge is 2.21. The van der Waals surface area contributed by atoms with Crippen molar-refractivity contribution in [1.29, 1.82) is 0 Å². The molecule has 1 aliphatic rings. The van der Waals surface area contributed by atoms with E-state index in [1.165, 1.54) is 16.5 Å². The fraction of sp³-hybridized carbons (Fsp3) is 0.364. The van der Waals surface area contributed by atoms with E-state index >= 15 is 0 Å². The Bertz CT molecular complexity index is 985. The smallest absolute Gasteiger partial charge is 0.161 e. The van der Waals surface area contributed by atoms with Gasteiger partial charge in [-0.25, -0.2) is 0 Å². The highest BCUT2D eigenvalue weighted by atomic mass is 79.9. The average Bonchev–Trinajstić information content (AvgIpc) is 3.08. The van der Waals surface area contributed by atoms with Crippen molar-refractivity contribution in [2.24, 2.45) is 0 Å². The normalized spacial score (nSPS) is 15.4. The number of fused-ring (bicyclic) bond motifs is 2. The first-order valence-electron chi connectivity index (χ1n) is 9.46. The van der Waals surface area contributed by atoms with Gasteiger partial charge < -0.3 is 19.1 Å². The van der Waals surface area contributed by atoms with Crippen molar-refractivity contribution >= 4 is 26.8 Å². The third kappa shape index (κ3) is 3.90. The third-order valence-corrected chi connectivity index (χ3v) is 5.90. The summed E-state index contributed by atoms with van der Waals surface area (Å²) in [5.74, 6) is 1.54. The van der Waals surface area contributed by atoms with Crippen LogP contribution in [0, 0.1) is 0 Å². The van der Waals surface area contributed by atoms with Gasteiger partial charge in [-0.05, 0) is 53.3 Å². The van der Waals surface area contributed by atoms with Crippen LogP contribution in [0.5, 0.6) is 11.5 Å². The Morgan fingerprint density at radius 1 is 1.04 bits per heavy atom. The molecular weight excluding hydrogens is 420 g/mol. The number of aliphatic hydroxyl groups is 1. The number of halogens is 1. The second-order valence-corrected chi connectivity index (χ2v) is 8.20. The number of aliphatic hydroxyl groups excluding tert-OH is 1. The molecule has 148 valence electrons. The number of benzene rings is 2. The van der Waals surface area contributed by atoms with E-state index in [0.29, 0.717) is 13.1 Å². The second-order valence-electron chi connectivity index (χ2n) is 7.29. The predicted octanol–water partition coefficient (Wildman–Crippen LogP) is 3.84. The predicted molar refractivity (Wildman–Crippen MR) is 114 cm³/mol. The molecule has 1 atom stereocenters. The van der Waals surface area contributed by atoms with Gasteiger partial charge in [-0.15, -0.1) is 0 Å². The van der Waals surface area contributed by atoms with E-state index in [9.17, 15) is 5.11 Å². The Balaban J connectivity index is 1.44. The number of hydrogen-bond donors (Lipinski definition) is 1. The van der Waals surface area contributed by atoms with E-state index in [1.807, 2.05) is 12.3 Å². The summed E-state index contributed by atoms with van der Waals surface area (Å²) in [7, 11) is 3.33. The number of ether oxygens (including phenoxy) is 2. The molecule has 0 aliphatic carbocycles. The van der Waals surface area contributed by atoms with Crippen LogP contribution in [0.2, 0.25) is 0 Å². The Hall–Kier alpha value is -2.02. The molecule has 0 saturated carbocycles. The zero-order chi connectivity index (χ0) is 19.7. The van der Waals surface area contributed by atoms with Crippen molar-refractivity contribution in [3.63, 3.8) is 0 Å². The Morgan fingerprint density at radius 3 is 2.54 bits per heavy atom. The van der Waals surface area contributed by atoms with Crippen molar-refractivity contribution in [3.05, 3.63) is 58.2 Å². The summed E-state index contributed by atoms with van der Waals surface area (Å²) in [4.78, 5) is 2.31. The summed E-state index contributed by atoms with van der Waals surface area (Å²) in [5.41, 5.74) is 3.67. The van der Waals surface area contributed by atoms with E-state index in [4.69, 9.17) is 9.47 Å². The summed E-state index contributed by atoms with van der Waals surface area (Å²) < 4.78 is 14.0.